The molecule has 0 saturated carbocycles. The van der Waals surface area contributed by atoms with Crippen LogP contribution in [0, 0.1) is 18.8 Å². The van der Waals surface area contributed by atoms with Gasteiger partial charge in [-0.25, -0.2) is 4.98 Å². The third-order valence-corrected chi connectivity index (χ3v) is 5.77. The Morgan fingerprint density at radius 1 is 1.22 bits per heavy atom. The number of rotatable bonds is 6. The highest BCUT2D eigenvalue weighted by atomic mass is 35.5. The fourth-order valence-corrected chi connectivity index (χ4v) is 3.91. The second-order valence-electron chi connectivity index (χ2n) is 7.38. The van der Waals surface area contributed by atoms with Crippen molar-refractivity contribution in [2.24, 2.45) is 11.8 Å². The van der Waals surface area contributed by atoms with Crippen molar-refractivity contribution in [1.82, 2.24) is 4.98 Å². The first kappa shape index (κ1) is 19.6. The number of benzene rings is 1. The molecule has 0 amide bonds. The standard InChI is InChI=1S/C22H29ClN4/c1-15-8-9-19(20(14-15)24-4)25-17(3)16(2)18-10-12-27(13-11-18)22-7-5-6-21(23)26-22/h5-9,14,16,18,24-25H,3,10-13H2,1-2,4H3. The molecule has 1 aromatic carbocycles. The normalized spacial score (nSPS) is 16.1. The van der Waals surface area contributed by atoms with Crippen LogP contribution in [0.1, 0.15) is 25.3 Å². The van der Waals surface area contributed by atoms with E-state index < -0.39 is 0 Å². The maximum atomic E-state index is 6.03. The quantitative estimate of drug-likeness (QED) is 0.639. The molecule has 0 spiro atoms. The van der Waals surface area contributed by atoms with Gasteiger partial charge in [-0.3, -0.25) is 0 Å². The van der Waals surface area contributed by atoms with Crippen molar-refractivity contribution >= 4 is 28.8 Å². The lowest BCUT2D eigenvalue weighted by atomic mass is 9.83. The Labute approximate surface area is 167 Å². The monoisotopic (exact) mass is 384 g/mol. The summed E-state index contributed by atoms with van der Waals surface area (Å²) in [6.07, 6.45) is 2.26. The Bertz CT molecular complexity index is 797. The minimum atomic E-state index is 0.408. The summed E-state index contributed by atoms with van der Waals surface area (Å²) in [4.78, 5) is 6.76. The number of anilines is 3. The average Bonchev–Trinajstić information content (AvgIpc) is 2.68. The molecule has 0 aliphatic carbocycles. The molecule has 2 aromatic rings. The van der Waals surface area contributed by atoms with Gasteiger partial charge in [0.05, 0.1) is 11.4 Å². The Balaban J connectivity index is 1.59. The van der Waals surface area contributed by atoms with E-state index in [9.17, 15) is 0 Å². The van der Waals surface area contributed by atoms with Crippen molar-refractivity contribution in [3.8, 4) is 0 Å². The number of aryl methyl sites for hydroxylation is 1. The summed E-state index contributed by atoms with van der Waals surface area (Å²) in [5.41, 5.74) is 4.51. The van der Waals surface area contributed by atoms with Crippen molar-refractivity contribution in [3.05, 3.63) is 59.4 Å². The molecule has 1 aliphatic heterocycles. The van der Waals surface area contributed by atoms with Gasteiger partial charge in [-0.15, -0.1) is 0 Å². The first-order valence-corrected chi connectivity index (χ1v) is 9.97. The van der Waals surface area contributed by atoms with Crippen LogP contribution in [0.2, 0.25) is 5.15 Å². The van der Waals surface area contributed by atoms with Crippen LogP contribution >= 0.6 is 11.6 Å². The molecule has 4 nitrogen and oxygen atoms in total. The molecule has 5 heteroatoms. The average molecular weight is 385 g/mol. The fraction of sp³-hybridized carbons (Fsp3) is 0.409. The van der Waals surface area contributed by atoms with Gasteiger partial charge in [0.2, 0.25) is 0 Å². The number of aromatic nitrogens is 1. The van der Waals surface area contributed by atoms with Crippen LogP contribution in [0.15, 0.2) is 48.7 Å². The summed E-state index contributed by atoms with van der Waals surface area (Å²) in [5, 5.41) is 7.35. The molecular weight excluding hydrogens is 356 g/mol. The van der Waals surface area contributed by atoms with Crippen LogP contribution in [-0.4, -0.2) is 25.1 Å². The molecule has 2 heterocycles. The van der Waals surface area contributed by atoms with Crippen LogP contribution in [0.25, 0.3) is 0 Å². The Morgan fingerprint density at radius 3 is 2.63 bits per heavy atom. The molecule has 1 aliphatic rings. The smallest absolute Gasteiger partial charge is 0.131 e. The van der Waals surface area contributed by atoms with E-state index in [1.54, 1.807) is 0 Å². The number of nitrogens with zero attached hydrogens (tertiary/aromatic N) is 2. The van der Waals surface area contributed by atoms with Crippen LogP contribution in [0.5, 0.6) is 0 Å². The Morgan fingerprint density at radius 2 is 1.96 bits per heavy atom. The van der Waals surface area contributed by atoms with Gasteiger partial charge < -0.3 is 15.5 Å². The highest BCUT2D eigenvalue weighted by molar-refractivity contribution is 6.29. The zero-order valence-corrected chi connectivity index (χ0v) is 17.2. The molecule has 1 aromatic heterocycles. The van der Waals surface area contributed by atoms with Crippen molar-refractivity contribution in [3.63, 3.8) is 0 Å². The second kappa shape index (κ2) is 8.66. The lowest BCUT2D eigenvalue weighted by Crippen LogP contribution is -2.37. The van der Waals surface area contributed by atoms with Gasteiger partial charge in [0.1, 0.15) is 11.0 Å². The van der Waals surface area contributed by atoms with Crippen molar-refractivity contribution in [1.29, 1.82) is 0 Å². The number of halogens is 1. The van der Waals surface area contributed by atoms with Crippen molar-refractivity contribution < 1.29 is 0 Å². The Hall–Kier alpha value is -2.20. The topological polar surface area (TPSA) is 40.2 Å². The SMILES string of the molecule is C=C(Nc1ccc(C)cc1NC)C(C)C1CCN(c2cccc(Cl)n2)CC1. The van der Waals surface area contributed by atoms with Gasteiger partial charge in [0, 0.05) is 25.8 Å². The summed E-state index contributed by atoms with van der Waals surface area (Å²) in [5.74, 6) is 2.00. The van der Waals surface area contributed by atoms with E-state index in [1.165, 1.54) is 5.56 Å². The van der Waals surface area contributed by atoms with Gasteiger partial charge in [0.15, 0.2) is 0 Å². The molecule has 0 bridgehead atoms. The van der Waals surface area contributed by atoms with E-state index in [1.807, 2.05) is 25.2 Å². The third kappa shape index (κ3) is 4.75. The highest BCUT2D eigenvalue weighted by Crippen LogP contribution is 2.33. The summed E-state index contributed by atoms with van der Waals surface area (Å²) < 4.78 is 0. The van der Waals surface area contributed by atoms with Crippen molar-refractivity contribution in [2.45, 2.75) is 26.7 Å². The second-order valence-corrected chi connectivity index (χ2v) is 7.77. The zero-order valence-electron chi connectivity index (χ0n) is 16.4. The lowest BCUT2D eigenvalue weighted by molar-refractivity contribution is 0.325. The van der Waals surface area contributed by atoms with Crippen LogP contribution in [0.3, 0.4) is 0 Å². The highest BCUT2D eigenvalue weighted by Gasteiger charge is 2.26. The molecule has 144 valence electrons. The van der Waals surface area contributed by atoms with Crippen LogP contribution in [-0.2, 0) is 0 Å². The predicted molar refractivity (Wildman–Crippen MR) is 117 cm³/mol. The Kier molecular flexibility index (Phi) is 6.27. The number of allylic oxidation sites excluding steroid dienone is 1. The van der Waals surface area contributed by atoms with E-state index in [0.717, 1.165) is 48.8 Å². The molecule has 3 rings (SSSR count). The number of hydrogen-bond acceptors (Lipinski definition) is 4. The van der Waals surface area contributed by atoms with E-state index in [-0.39, 0.29) is 0 Å². The van der Waals surface area contributed by atoms with Gasteiger partial charge in [-0.05, 0) is 61.4 Å². The lowest BCUT2D eigenvalue weighted by Gasteiger charge is -2.36. The minimum Gasteiger partial charge on any atom is -0.386 e. The number of hydrogen-bond donors (Lipinski definition) is 2. The molecule has 1 saturated heterocycles. The third-order valence-electron chi connectivity index (χ3n) is 5.56. The van der Waals surface area contributed by atoms with Crippen LogP contribution in [0.4, 0.5) is 17.2 Å². The van der Waals surface area contributed by atoms with Gasteiger partial charge in [-0.1, -0.05) is 37.2 Å². The number of nitrogens with one attached hydrogen (secondary N) is 2. The molecule has 0 radical (unpaired) electrons. The zero-order chi connectivity index (χ0) is 19.4. The molecule has 2 N–H and O–H groups in total. The van der Waals surface area contributed by atoms with Crippen molar-refractivity contribution in [2.75, 3.05) is 35.7 Å². The van der Waals surface area contributed by atoms with E-state index in [0.29, 0.717) is 17.0 Å². The summed E-state index contributed by atoms with van der Waals surface area (Å²) in [6, 6.07) is 12.2. The molecule has 1 atom stereocenters. The van der Waals surface area contributed by atoms with Gasteiger partial charge >= 0.3 is 0 Å². The summed E-state index contributed by atoms with van der Waals surface area (Å²) >= 11 is 6.03. The van der Waals surface area contributed by atoms with E-state index in [2.05, 4.69) is 59.1 Å². The first-order valence-electron chi connectivity index (χ1n) is 9.59. The molecular formula is C22H29ClN4. The van der Waals surface area contributed by atoms with E-state index in [4.69, 9.17) is 11.6 Å². The number of pyridine rings is 1. The fourth-order valence-electron chi connectivity index (χ4n) is 3.75. The predicted octanol–water partition coefficient (Wildman–Crippen LogP) is 5.56. The summed E-state index contributed by atoms with van der Waals surface area (Å²) in [6.45, 7) is 10.7. The molecule has 1 unspecified atom stereocenters. The van der Waals surface area contributed by atoms with Crippen LogP contribution < -0.4 is 15.5 Å². The first-order chi connectivity index (χ1) is 13.0. The largest absolute Gasteiger partial charge is 0.386 e. The van der Waals surface area contributed by atoms with E-state index >= 15 is 0 Å². The molecule has 1 fully saturated rings. The molecule has 27 heavy (non-hydrogen) atoms. The number of piperidine rings is 1. The minimum absolute atomic E-state index is 0.408. The maximum absolute atomic E-state index is 6.03. The maximum Gasteiger partial charge on any atom is 0.131 e. The summed E-state index contributed by atoms with van der Waals surface area (Å²) in [7, 11) is 1.95. The van der Waals surface area contributed by atoms with Gasteiger partial charge in [0.25, 0.3) is 0 Å². The van der Waals surface area contributed by atoms with Gasteiger partial charge in [-0.2, -0.15) is 0 Å².